The molecule has 0 aliphatic rings. The standard InChI is InChI=1S/C5H12O2.C5H10O2.2C4H6O2/c1-5(2,3-6)4-7;1-2-3-4-5(6)7;2*1-3(2)4(5)6/h6-7H,3-4H2,1-2H3;2-4H2,1H3,(H,6,7);2*1H2,2H3,(H,5,6). The van der Waals surface area contributed by atoms with Crippen LogP contribution in [0.15, 0.2) is 24.3 Å². The summed E-state index contributed by atoms with van der Waals surface area (Å²) in [6.45, 7) is 14.9. The summed E-state index contributed by atoms with van der Waals surface area (Å²) in [5, 5.41) is 40.7. The summed E-state index contributed by atoms with van der Waals surface area (Å²) < 4.78 is 0. The summed E-state index contributed by atoms with van der Waals surface area (Å²) >= 11 is 0. The molecule has 0 aromatic rings. The van der Waals surface area contributed by atoms with Crippen LogP contribution in [0, 0.1) is 5.41 Å². The van der Waals surface area contributed by atoms with E-state index in [9.17, 15) is 14.4 Å². The average molecular weight is 378 g/mol. The number of hydrogen-bond acceptors (Lipinski definition) is 5. The van der Waals surface area contributed by atoms with Gasteiger partial charge in [-0.1, -0.05) is 40.3 Å². The van der Waals surface area contributed by atoms with Gasteiger partial charge in [0, 0.05) is 23.0 Å². The van der Waals surface area contributed by atoms with E-state index in [-0.39, 0.29) is 29.8 Å². The largest absolute Gasteiger partial charge is 0.481 e. The molecular formula is C18H34O8. The molecule has 0 radical (unpaired) electrons. The summed E-state index contributed by atoms with van der Waals surface area (Å²) in [7, 11) is 0. The molecule has 0 aliphatic carbocycles. The van der Waals surface area contributed by atoms with E-state index in [4.69, 9.17) is 25.5 Å². The fourth-order valence-electron chi connectivity index (χ4n) is 0.378. The molecule has 0 heterocycles. The zero-order valence-electron chi connectivity index (χ0n) is 16.4. The van der Waals surface area contributed by atoms with Crippen molar-refractivity contribution in [3.05, 3.63) is 24.3 Å². The molecule has 0 atom stereocenters. The molecule has 0 saturated carbocycles. The van der Waals surface area contributed by atoms with Crippen LogP contribution in [-0.2, 0) is 14.4 Å². The first-order valence-corrected chi connectivity index (χ1v) is 7.89. The van der Waals surface area contributed by atoms with Crippen LogP contribution >= 0.6 is 0 Å². The van der Waals surface area contributed by atoms with Gasteiger partial charge < -0.3 is 25.5 Å². The van der Waals surface area contributed by atoms with Gasteiger partial charge in [-0.15, -0.1) is 0 Å². The lowest BCUT2D eigenvalue weighted by Gasteiger charge is -2.16. The lowest BCUT2D eigenvalue weighted by Crippen LogP contribution is -2.20. The molecule has 8 heteroatoms. The van der Waals surface area contributed by atoms with Crippen LogP contribution in [0.3, 0.4) is 0 Å². The van der Waals surface area contributed by atoms with Crippen molar-refractivity contribution in [2.75, 3.05) is 13.2 Å². The SMILES string of the molecule is C=C(C)C(=O)O.C=C(C)C(=O)O.CC(C)(CO)CO.CCCCC(=O)O. The molecule has 0 amide bonds. The molecule has 0 aromatic carbocycles. The molecule has 0 bridgehead atoms. The maximum atomic E-state index is 9.76. The Morgan fingerprint density at radius 1 is 0.846 bits per heavy atom. The predicted octanol–water partition coefficient (Wildman–Crippen LogP) is 2.55. The van der Waals surface area contributed by atoms with Crippen molar-refractivity contribution < 1.29 is 39.9 Å². The number of hydrogen-bond donors (Lipinski definition) is 5. The van der Waals surface area contributed by atoms with Gasteiger partial charge in [-0.05, 0) is 20.3 Å². The molecule has 0 aliphatic heterocycles. The van der Waals surface area contributed by atoms with Gasteiger partial charge >= 0.3 is 17.9 Å². The first-order valence-electron chi connectivity index (χ1n) is 7.89. The van der Waals surface area contributed by atoms with Crippen LogP contribution in [0.4, 0.5) is 0 Å². The van der Waals surface area contributed by atoms with Crippen LogP contribution in [0.5, 0.6) is 0 Å². The van der Waals surface area contributed by atoms with Gasteiger partial charge in [0.2, 0.25) is 0 Å². The molecule has 0 fully saturated rings. The smallest absolute Gasteiger partial charge is 0.330 e. The molecule has 0 aromatic heterocycles. The molecule has 5 N–H and O–H groups in total. The van der Waals surface area contributed by atoms with Crippen molar-refractivity contribution in [3.8, 4) is 0 Å². The minimum Gasteiger partial charge on any atom is -0.481 e. The second kappa shape index (κ2) is 19.1. The zero-order chi connectivity index (χ0) is 21.9. The van der Waals surface area contributed by atoms with Gasteiger partial charge in [0.05, 0.1) is 13.2 Å². The van der Waals surface area contributed by atoms with Gasteiger partial charge in [0.25, 0.3) is 0 Å². The third-order valence-corrected chi connectivity index (χ3v) is 2.33. The van der Waals surface area contributed by atoms with Crippen molar-refractivity contribution in [2.45, 2.75) is 53.9 Å². The number of rotatable bonds is 7. The summed E-state index contributed by atoms with van der Waals surface area (Å²) in [4.78, 5) is 29.0. The first kappa shape index (κ1) is 31.6. The number of carbonyl (C=O) groups is 3. The Bertz CT molecular complexity index is 384. The van der Waals surface area contributed by atoms with E-state index in [1.807, 2.05) is 6.92 Å². The van der Waals surface area contributed by atoms with Crippen LogP contribution in [-0.4, -0.2) is 56.7 Å². The Kier molecular flexibility index (Phi) is 23.2. The highest BCUT2D eigenvalue weighted by Gasteiger charge is 2.13. The molecule has 0 saturated heterocycles. The molecule has 0 spiro atoms. The van der Waals surface area contributed by atoms with Gasteiger partial charge in [-0.3, -0.25) is 4.79 Å². The lowest BCUT2D eigenvalue weighted by molar-refractivity contribution is -0.137. The fraction of sp³-hybridized carbons (Fsp3) is 0.611. The summed E-state index contributed by atoms with van der Waals surface area (Å²) in [6, 6.07) is 0. The maximum absolute atomic E-state index is 9.76. The van der Waals surface area contributed by atoms with Crippen molar-refractivity contribution in [1.29, 1.82) is 0 Å². The number of carboxylic acids is 3. The van der Waals surface area contributed by atoms with Crippen molar-refractivity contribution in [3.63, 3.8) is 0 Å². The van der Waals surface area contributed by atoms with Crippen LogP contribution in [0.1, 0.15) is 53.9 Å². The predicted molar refractivity (Wildman–Crippen MR) is 100 cm³/mol. The molecule has 0 rings (SSSR count). The third kappa shape index (κ3) is 37.8. The van der Waals surface area contributed by atoms with Crippen LogP contribution in [0.25, 0.3) is 0 Å². The van der Waals surface area contributed by atoms with E-state index in [2.05, 4.69) is 13.2 Å². The monoisotopic (exact) mass is 378 g/mol. The summed E-state index contributed by atoms with van der Waals surface area (Å²) in [5.41, 5.74) is 0.0463. The van der Waals surface area contributed by atoms with Crippen molar-refractivity contribution >= 4 is 17.9 Å². The van der Waals surface area contributed by atoms with E-state index in [0.717, 1.165) is 12.8 Å². The Hall–Kier alpha value is -2.19. The van der Waals surface area contributed by atoms with Crippen molar-refractivity contribution in [2.24, 2.45) is 5.41 Å². The third-order valence-electron chi connectivity index (χ3n) is 2.33. The van der Waals surface area contributed by atoms with E-state index in [0.29, 0.717) is 6.42 Å². The Morgan fingerprint density at radius 2 is 1.12 bits per heavy atom. The minimum absolute atomic E-state index is 0.0451. The number of aliphatic carboxylic acids is 3. The first-order chi connectivity index (χ1) is 11.7. The summed E-state index contributed by atoms with van der Waals surface area (Å²) in [5.74, 6) is -2.56. The van der Waals surface area contributed by atoms with Gasteiger partial charge in [0.1, 0.15) is 0 Å². The van der Waals surface area contributed by atoms with Crippen LogP contribution < -0.4 is 0 Å². The zero-order valence-corrected chi connectivity index (χ0v) is 16.4. The second-order valence-corrected chi connectivity index (χ2v) is 6.15. The topological polar surface area (TPSA) is 152 Å². The molecule has 154 valence electrons. The molecule has 8 nitrogen and oxygen atoms in total. The fourth-order valence-corrected chi connectivity index (χ4v) is 0.378. The highest BCUT2D eigenvalue weighted by molar-refractivity contribution is 5.85. The second-order valence-electron chi connectivity index (χ2n) is 6.15. The van der Waals surface area contributed by atoms with E-state index >= 15 is 0 Å². The van der Waals surface area contributed by atoms with Gasteiger partial charge in [0.15, 0.2) is 0 Å². The summed E-state index contributed by atoms with van der Waals surface area (Å²) in [6.07, 6.45) is 2.08. The maximum Gasteiger partial charge on any atom is 0.330 e. The van der Waals surface area contributed by atoms with E-state index in [1.54, 1.807) is 13.8 Å². The molecular weight excluding hydrogens is 344 g/mol. The Labute approximate surface area is 155 Å². The molecule has 26 heavy (non-hydrogen) atoms. The highest BCUT2D eigenvalue weighted by Crippen LogP contribution is 2.10. The normalized spacial score (nSPS) is 9.04. The Morgan fingerprint density at radius 3 is 1.15 bits per heavy atom. The van der Waals surface area contributed by atoms with E-state index in [1.165, 1.54) is 13.8 Å². The average Bonchev–Trinajstić information content (AvgIpc) is 2.54. The van der Waals surface area contributed by atoms with E-state index < -0.39 is 17.9 Å². The Balaban J connectivity index is -0.000000124. The number of unbranched alkanes of at least 4 members (excludes halogenated alkanes) is 1. The number of carboxylic acid groups (broad SMARTS) is 3. The minimum atomic E-state index is -0.935. The molecule has 0 unspecified atom stereocenters. The lowest BCUT2D eigenvalue weighted by atomic mass is 9.97. The number of aliphatic hydroxyl groups excluding tert-OH is 2. The quantitative estimate of drug-likeness (QED) is 0.424. The van der Waals surface area contributed by atoms with Gasteiger partial charge in [-0.2, -0.15) is 0 Å². The van der Waals surface area contributed by atoms with Crippen LogP contribution in [0.2, 0.25) is 0 Å². The van der Waals surface area contributed by atoms with Crippen molar-refractivity contribution in [1.82, 2.24) is 0 Å². The number of aliphatic hydroxyl groups is 2. The van der Waals surface area contributed by atoms with Gasteiger partial charge in [-0.25, -0.2) is 9.59 Å². The highest BCUT2D eigenvalue weighted by atomic mass is 16.4.